The van der Waals surface area contributed by atoms with Crippen molar-refractivity contribution in [3.63, 3.8) is 0 Å². The molecule has 0 aliphatic carbocycles. The number of benzene rings is 2. The molecule has 1 aromatic heterocycles. The SMILES string of the molecule is CC(C)(C)OC(=O)CCCCCCCCCCCCCc1cc(Oc2ccc(S(=O)(=O)Nc3ncc(C(=O)NCCOCCOCC(=O)CCCOCCOCC(=O)O)cn3)cc2)ccc1F. The van der Waals surface area contributed by atoms with Crippen molar-refractivity contribution in [1.29, 1.82) is 0 Å². The molecular formula is C48H69FN4O13S. The fraction of sp³-hybridized carbons (Fsp3) is 0.583. The Bertz CT molecular complexity index is 2030. The summed E-state index contributed by atoms with van der Waals surface area (Å²) in [5.74, 6) is -1.48. The van der Waals surface area contributed by atoms with E-state index < -0.39 is 27.5 Å². The lowest BCUT2D eigenvalue weighted by molar-refractivity contribution is -0.155. The first-order valence-corrected chi connectivity index (χ1v) is 24.6. The molecule has 0 aliphatic rings. The van der Waals surface area contributed by atoms with E-state index in [0.717, 1.165) is 44.9 Å². The van der Waals surface area contributed by atoms with E-state index in [4.69, 9.17) is 33.5 Å². The molecule has 0 atom stereocenters. The molecule has 0 saturated heterocycles. The number of halogens is 1. The van der Waals surface area contributed by atoms with Gasteiger partial charge in [0.05, 0.1) is 43.5 Å². The van der Waals surface area contributed by atoms with Gasteiger partial charge in [-0.25, -0.2) is 32.3 Å². The van der Waals surface area contributed by atoms with Gasteiger partial charge in [0, 0.05) is 38.4 Å². The third-order valence-electron chi connectivity index (χ3n) is 9.78. The van der Waals surface area contributed by atoms with Crippen LogP contribution in [0.25, 0.3) is 0 Å². The van der Waals surface area contributed by atoms with E-state index in [1.54, 1.807) is 6.07 Å². The van der Waals surface area contributed by atoms with E-state index >= 15 is 0 Å². The minimum atomic E-state index is -4.09. The van der Waals surface area contributed by atoms with Crippen LogP contribution in [0.1, 0.15) is 127 Å². The van der Waals surface area contributed by atoms with E-state index in [-0.39, 0.29) is 93.2 Å². The minimum Gasteiger partial charge on any atom is -0.480 e. The maximum atomic E-state index is 14.6. The lowest BCUT2D eigenvalue weighted by atomic mass is 10.0. The molecule has 0 radical (unpaired) electrons. The number of unbranched alkanes of at least 4 members (excludes halogenated alkanes) is 10. The molecule has 3 rings (SSSR count). The third-order valence-corrected chi connectivity index (χ3v) is 11.1. The van der Waals surface area contributed by atoms with Crippen molar-refractivity contribution in [3.8, 4) is 11.5 Å². The van der Waals surface area contributed by atoms with E-state index in [1.807, 2.05) is 20.8 Å². The zero-order valence-corrected chi connectivity index (χ0v) is 40.0. The van der Waals surface area contributed by atoms with Gasteiger partial charge in [-0.2, -0.15) is 0 Å². The van der Waals surface area contributed by atoms with Crippen molar-refractivity contribution >= 4 is 39.6 Å². The Hall–Kier alpha value is -5.08. The summed E-state index contributed by atoms with van der Waals surface area (Å²) in [6, 6.07) is 10.3. The number of hydrogen-bond acceptors (Lipinski definition) is 14. The molecule has 0 bridgehead atoms. The van der Waals surface area contributed by atoms with E-state index in [1.165, 1.54) is 74.5 Å². The molecule has 0 spiro atoms. The van der Waals surface area contributed by atoms with Gasteiger partial charge in [-0.3, -0.25) is 14.4 Å². The molecule has 3 N–H and O–H groups in total. The van der Waals surface area contributed by atoms with E-state index in [9.17, 15) is 32.0 Å². The summed E-state index contributed by atoms with van der Waals surface area (Å²) in [4.78, 5) is 54.4. The average molecular weight is 961 g/mol. The van der Waals surface area contributed by atoms with Crippen molar-refractivity contribution in [2.75, 3.05) is 64.1 Å². The molecular weight excluding hydrogens is 892 g/mol. The van der Waals surface area contributed by atoms with Gasteiger partial charge in [-0.05, 0) is 94.5 Å². The summed E-state index contributed by atoms with van der Waals surface area (Å²) in [6.07, 6.45) is 16.1. The number of amides is 1. The van der Waals surface area contributed by atoms with Crippen molar-refractivity contribution < 1.29 is 65.5 Å². The Morgan fingerprint density at radius 2 is 1.24 bits per heavy atom. The number of carboxylic acid groups (broad SMARTS) is 1. The Kier molecular flexibility index (Phi) is 26.7. The lowest BCUT2D eigenvalue weighted by Crippen LogP contribution is -2.28. The maximum absolute atomic E-state index is 14.6. The highest BCUT2D eigenvalue weighted by Crippen LogP contribution is 2.26. The van der Waals surface area contributed by atoms with Crippen LogP contribution in [0.4, 0.5) is 10.3 Å². The first-order valence-electron chi connectivity index (χ1n) is 23.1. The van der Waals surface area contributed by atoms with Gasteiger partial charge in [-0.15, -0.1) is 0 Å². The molecule has 19 heteroatoms. The Morgan fingerprint density at radius 1 is 0.672 bits per heavy atom. The number of aliphatic carboxylic acids is 1. The molecule has 1 heterocycles. The largest absolute Gasteiger partial charge is 0.480 e. The highest BCUT2D eigenvalue weighted by atomic mass is 32.2. The van der Waals surface area contributed by atoms with Gasteiger partial charge in [0.2, 0.25) is 5.95 Å². The molecule has 3 aromatic rings. The van der Waals surface area contributed by atoms with Crippen LogP contribution in [0.5, 0.6) is 11.5 Å². The quantitative estimate of drug-likeness (QED) is 0.0367. The number of rotatable bonds is 37. The molecule has 0 fully saturated rings. The van der Waals surface area contributed by atoms with E-state index in [0.29, 0.717) is 42.9 Å². The number of hydrogen-bond donors (Lipinski definition) is 3. The van der Waals surface area contributed by atoms with Crippen molar-refractivity contribution in [2.45, 2.75) is 128 Å². The number of sulfonamides is 1. The number of nitrogens with one attached hydrogen (secondary N) is 2. The zero-order chi connectivity index (χ0) is 48.8. The highest BCUT2D eigenvalue weighted by Gasteiger charge is 2.18. The van der Waals surface area contributed by atoms with Gasteiger partial charge < -0.3 is 38.8 Å². The van der Waals surface area contributed by atoms with Crippen molar-refractivity contribution in [1.82, 2.24) is 15.3 Å². The summed E-state index contributed by atoms with van der Waals surface area (Å²) < 4.78 is 75.2. The smallest absolute Gasteiger partial charge is 0.329 e. The predicted molar refractivity (Wildman–Crippen MR) is 248 cm³/mol. The summed E-state index contributed by atoms with van der Waals surface area (Å²) in [5.41, 5.74) is 0.239. The van der Waals surface area contributed by atoms with Crippen LogP contribution in [-0.4, -0.2) is 112 Å². The lowest BCUT2D eigenvalue weighted by Gasteiger charge is -2.19. The number of ketones is 1. The second-order valence-corrected chi connectivity index (χ2v) is 18.5. The number of Topliss-reactive ketones (excluding diaryl/α,β-unsaturated/α-hetero) is 1. The fourth-order valence-electron chi connectivity index (χ4n) is 6.44. The molecule has 67 heavy (non-hydrogen) atoms. The summed E-state index contributed by atoms with van der Waals surface area (Å²) in [5, 5.41) is 11.1. The van der Waals surface area contributed by atoms with Gasteiger partial charge in [0.15, 0.2) is 5.78 Å². The minimum absolute atomic E-state index is 0.0669. The highest BCUT2D eigenvalue weighted by molar-refractivity contribution is 7.92. The second-order valence-electron chi connectivity index (χ2n) is 16.8. The van der Waals surface area contributed by atoms with Crippen LogP contribution in [-0.2, 0) is 54.5 Å². The van der Waals surface area contributed by atoms with Crippen LogP contribution in [0.15, 0.2) is 59.8 Å². The maximum Gasteiger partial charge on any atom is 0.329 e. The molecule has 0 aliphatic heterocycles. The van der Waals surface area contributed by atoms with Crippen molar-refractivity contribution in [2.24, 2.45) is 0 Å². The van der Waals surface area contributed by atoms with Crippen LogP contribution in [0.2, 0.25) is 0 Å². The zero-order valence-electron chi connectivity index (χ0n) is 39.2. The summed E-state index contributed by atoms with van der Waals surface area (Å²) in [6.45, 7) is 6.69. The number of aromatic nitrogens is 2. The first-order chi connectivity index (χ1) is 32.1. The molecule has 17 nitrogen and oxygen atoms in total. The number of aryl methyl sites for hydroxylation is 1. The van der Waals surface area contributed by atoms with Gasteiger partial charge in [-0.1, -0.05) is 57.8 Å². The molecule has 2 aromatic carbocycles. The van der Waals surface area contributed by atoms with Crippen LogP contribution in [0, 0.1) is 5.82 Å². The van der Waals surface area contributed by atoms with Crippen LogP contribution < -0.4 is 14.8 Å². The van der Waals surface area contributed by atoms with Crippen LogP contribution in [0.3, 0.4) is 0 Å². The summed E-state index contributed by atoms with van der Waals surface area (Å²) in [7, 11) is -4.09. The van der Waals surface area contributed by atoms with Gasteiger partial charge >= 0.3 is 11.9 Å². The molecule has 0 unspecified atom stereocenters. The number of nitrogens with zero attached hydrogens (tertiary/aromatic N) is 2. The number of carbonyl (C=O) groups is 4. The number of carbonyl (C=O) groups excluding carboxylic acids is 3. The molecule has 1 amide bonds. The van der Waals surface area contributed by atoms with E-state index in [2.05, 4.69) is 20.0 Å². The second kappa shape index (κ2) is 31.8. The Morgan fingerprint density at radius 3 is 1.87 bits per heavy atom. The number of carboxylic acids is 1. The fourth-order valence-corrected chi connectivity index (χ4v) is 7.40. The van der Waals surface area contributed by atoms with Crippen molar-refractivity contribution in [3.05, 3.63) is 71.8 Å². The number of esters is 1. The number of ether oxygens (including phenoxy) is 6. The number of anilines is 1. The monoisotopic (exact) mass is 960 g/mol. The van der Waals surface area contributed by atoms with Gasteiger partial charge in [0.25, 0.3) is 15.9 Å². The predicted octanol–water partition coefficient (Wildman–Crippen LogP) is 8.00. The summed E-state index contributed by atoms with van der Waals surface area (Å²) >= 11 is 0. The Labute approximate surface area is 394 Å². The normalized spacial score (nSPS) is 11.6. The standard InChI is InChI=1S/C48H69FN4O13S/c1-48(2,3)66-45(57)18-14-12-10-8-6-4-5-7-9-11-13-16-37-32-41(21-24-43(37)49)65-40-19-22-42(23-20-40)67(59,60)53-47-51-33-38(34-52-47)46(58)50-25-27-62-29-30-63-35-39(54)17-15-26-61-28-31-64-36-44(55)56/h19-24,32-34H,4-18,25-31,35-36H2,1-3H3,(H,50,58)(H,55,56)(H,51,52,53). The Balaban J connectivity index is 1.25. The average Bonchev–Trinajstić information content (AvgIpc) is 3.27. The third kappa shape index (κ3) is 26.2. The van der Waals surface area contributed by atoms with Gasteiger partial charge in [0.1, 0.15) is 36.1 Å². The molecule has 0 saturated carbocycles. The first kappa shape index (κ1) is 56.2. The topological polar surface area (TPSA) is 228 Å². The van der Waals surface area contributed by atoms with Crippen LogP contribution >= 0.6 is 0 Å². The molecule has 372 valence electrons.